The summed E-state index contributed by atoms with van der Waals surface area (Å²) in [6.45, 7) is 1.77. The maximum atomic E-state index is 10.8. The number of aromatic nitrogens is 1. The summed E-state index contributed by atoms with van der Waals surface area (Å²) in [6.07, 6.45) is 3.61. The van der Waals surface area contributed by atoms with E-state index in [4.69, 9.17) is 0 Å². The van der Waals surface area contributed by atoms with Crippen LogP contribution in [0.3, 0.4) is 0 Å². The molecule has 0 atom stereocenters. The van der Waals surface area contributed by atoms with E-state index in [-0.39, 0.29) is 5.91 Å². The first-order chi connectivity index (χ1) is 6.33. The molecule has 0 spiro atoms. The highest BCUT2D eigenvalue weighted by molar-refractivity contribution is 5.80. The van der Waals surface area contributed by atoms with Gasteiger partial charge in [0.2, 0.25) is 5.91 Å². The maximum Gasteiger partial charge on any atom is 0.239 e. The molecule has 4 heteroatoms. The van der Waals surface area contributed by atoms with Gasteiger partial charge in [0.25, 0.3) is 0 Å². The minimum Gasteiger partial charge on any atom is -0.273 e. The van der Waals surface area contributed by atoms with Gasteiger partial charge >= 0.3 is 0 Å². The quantitative estimate of drug-likeness (QED) is 0.552. The van der Waals surface area contributed by atoms with Crippen LogP contribution in [0.15, 0.2) is 29.5 Å². The highest BCUT2D eigenvalue weighted by Crippen LogP contribution is 1.87. The average molecular weight is 177 g/mol. The molecule has 1 heterocycles. The Morgan fingerprint density at radius 2 is 2.54 bits per heavy atom. The van der Waals surface area contributed by atoms with E-state index in [0.29, 0.717) is 6.42 Å². The molecular weight excluding hydrogens is 166 g/mol. The Balaban J connectivity index is 2.45. The predicted molar refractivity (Wildman–Crippen MR) is 50.3 cm³/mol. The molecule has 13 heavy (non-hydrogen) atoms. The molecule has 4 nitrogen and oxygen atoms in total. The lowest BCUT2D eigenvalue weighted by Crippen LogP contribution is -2.15. The number of hydrogen-bond acceptors (Lipinski definition) is 3. The molecule has 1 amide bonds. The molecule has 0 aliphatic rings. The summed E-state index contributed by atoms with van der Waals surface area (Å²) in [4.78, 5) is 14.8. The van der Waals surface area contributed by atoms with Crippen molar-refractivity contribution in [2.75, 3.05) is 0 Å². The first-order valence-electron chi connectivity index (χ1n) is 4.06. The van der Waals surface area contributed by atoms with Crippen LogP contribution in [0.1, 0.15) is 19.0 Å². The van der Waals surface area contributed by atoms with Gasteiger partial charge in [0.15, 0.2) is 0 Å². The number of rotatable bonds is 3. The lowest BCUT2D eigenvalue weighted by Gasteiger charge is -1.93. The Kier molecular flexibility index (Phi) is 3.63. The topological polar surface area (TPSA) is 54.4 Å². The molecule has 0 aromatic carbocycles. The zero-order valence-electron chi connectivity index (χ0n) is 7.40. The van der Waals surface area contributed by atoms with Crippen LogP contribution in [-0.2, 0) is 4.79 Å². The third-order valence-electron chi connectivity index (χ3n) is 1.39. The number of hydrazone groups is 1. The Hall–Kier alpha value is -1.71. The van der Waals surface area contributed by atoms with Crippen LogP contribution >= 0.6 is 0 Å². The normalized spacial score (nSPS) is 10.2. The fourth-order valence-corrected chi connectivity index (χ4v) is 0.702. The van der Waals surface area contributed by atoms with Crippen molar-refractivity contribution < 1.29 is 4.79 Å². The van der Waals surface area contributed by atoms with Gasteiger partial charge in [-0.2, -0.15) is 5.10 Å². The minimum atomic E-state index is -0.104. The summed E-state index contributed by atoms with van der Waals surface area (Å²) in [6, 6.07) is 5.49. The van der Waals surface area contributed by atoms with Gasteiger partial charge in [0, 0.05) is 12.6 Å². The van der Waals surface area contributed by atoms with E-state index in [1.54, 1.807) is 13.1 Å². The smallest absolute Gasteiger partial charge is 0.239 e. The van der Waals surface area contributed by atoms with E-state index in [2.05, 4.69) is 15.5 Å². The monoisotopic (exact) mass is 177 g/mol. The molecule has 0 saturated heterocycles. The molecule has 0 radical (unpaired) electrons. The van der Waals surface area contributed by atoms with Gasteiger partial charge in [-0.1, -0.05) is 13.0 Å². The molecule has 0 bridgehead atoms. The van der Waals surface area contributed by atoms with E-state index in [9.17, 15) is 4.79 Å². The summed E-state index contributed by atoms with van der Waals surface area (Å²) < 4.78 is 0. The number of carbonyl (C=O) groups excluding carboxylic acids is 1. The van der Waals surface area contributed by atoms with Crippen molar-refractivity contribution in [1.29, 1.82) is 0 Å². The molecule has 1 aromatic heterocycles. The van der Waals surface area contributed by atoms with Gasteiger partial charge < -0.3 is 0 Å². The Labute approximate surface area is 76.7 Å². The number of nitrogens with zero attached hydrogens (tertiary/aromatic N) is 2. The van der Waals surface area contributed by atoms with Gasteiger partial charge in [-0.25, -0.2) is 5.43 Å². The molecule has 1 aromatic rings. The molecule has 0 unspecified atom stereocenters. The SMILES string of the molecule is CCC(=O)NN=Cc1ccccn1. The van der Waals surface area contributed by atoms with Crippen molar-refractivity contribution in [3.63, 3.8) is 0 Å². The van der Waals surface area contributed by atoms with E-state index in [1.165, 1.54) is 6.21 Å². The molecule has 68 valence electrons. The zero-order valence-corrected chi connectivity index (χ0v) is 7.40. The second-order valence-corrected chi connectivity index (χ2v) is 2.40. The number of hydrogen-bond donors (Lipinski definition) is 1. The average Bonchev–Trinajstić information content (AvgIpc) is 2.19. The Morgan fingerprint density at radius 1 is 1.69 bits per heavy atom. The first-order valence-corrected chi connectivity index (χ1v) is 4.06. The number of carbonyl (C=O) groups is 1. The van der Waals surface area contributed by atoms with Gasteiger partial charge in [0.05, 0.1) is 11.9 Å². The minimum absolute atomic E-state index is 0.104. The highest BCUT2D eigenvalue weighted by Gasteiger charge is 1.91. The summed E-state index contributed by atoms with van der Waals surface area (Å²) in [5, 5.41) is 3.73. The van der Waals surface area contributed by atoms with Crippen LogP contribution < -0.4 is 5.43 Å². The number of pyridine rings is 1. The molecular formula is C9H11N3O. The third kappa shape index (κ3) is 3.46. The lowest BCUT2D eigenvalue weighted by molar-refractivity contribution is -0.120. The van der Waals surface area contributed by atoms with Crippen LogP contribution in [0.2, 0.25) is 0 Å². The largest absolute Gasteiger partial charge is 0.273 e. The van der Waals surface area contributed by atoms with Crippen molar-refractivity contribution in [3.8, 4) is 0 Å². The Bertz CT molecular complexity index is 295. The second-order valence-electron chi connectivity index (χ2n) is 2.40. The zero-order chi connectivity index (χ0) is 9.52. The molecule has 0 aliphatic heterocycles. The third-order valence-corrected chi connectivity index (χ3v) is 1.39. The predicted octanol–water partition coefficient (Wildman–Crippen LogP) is 0.942. The Morgan fingerprint density at radius 3 is 3.15 bits per heavy atom. The standard InChI is InChI=1S/C9H11N3O/c1-2-9(13)12-11-7-8-5-3-4-6-10-8/h3-7H,2H2,1H3,(H,12,13). The van der Waals surface area contributed by atoms with Crippen molar-refractivity contribution in [3.05, 3.63) is 30.1 Å². The molecule has 1 N–H and O–H groups in total. The van der Waals surface area contributed by atoms with Crippen LogP contribution in [-0.4, -0.2) is 17.1 Å². The fraction of sp³-hybridized carbons (Fsp3) is 0.222. The van der Waals surface area contributed by atoms with Crippen LogP contribution in [0.5, 0.6) is 0 Å². The summed E-state index contributed by atoms with van der Waals surface area (Å²) in [5.41, 5.74) is 3.09. The van der Waals surface area contributed by atoms with Crippen LogP contribution in [0.25, 0.3) is 0 Å². The van der Waals surface area contributed by atoms with Crippen molar-refractivity contribution in [1.82, 2.24) is 10.4 Å². The lowest BCUT2D eigenvalue weighted by atomic mass is 10.4. The molecule has 0 saturated carbocycles. The van der Waals surface area contributed by atoms with E-state index >= 15 is 0 Å². The number of nitrogens with one attached hydrogen (secondary N) is 1. The van der Waals surface area contributed by atoms with Crippen molar-refractivity contribution in [2.45, 2.75) is 13.3 Å². The molecule has 0 aliphatic carbocycles. The van der Waals surface area contributed by atoms with Gasteiger partial charge in [0.1, 0.15) is 0 Å². The van der Waals surface area contributed by atoms with E-state index < -0.39 is 0 Å². The van der Waals surface area contributed by atoms with Crippen molar-refractivity contribution in [2.24, 2.45) is 5.10 Å². The second kappa shape index (κ2) is 5.03. The van der Waals surface area contributed by atoms with E-state index in [1.807, 2.05) is 18.2 Å². The van der Waals surface area contributed by atoms with E-state index in [0.717, 1.165) is 5.69 Å². The molecule has 0 fully saturated rings. The van der Waals surface area contributed by atoms with Crippen LogP contribution in [0, 0.1) is 0 Å². The van der Waals surface area contributed by atoms with Gasteiger partial charge in [-0.05, 0) is 12.1 Å². The summed E-state index contributed by atoms with van der Waals surface area (Å²) in [7, 11) is 0. The first kappa shape index (κ1) is 9.38. The van der Waals surface area contributed by atoms with Gasteiger partial charge in [-0.3, -0.25) is 9.78 Å². The summed E-state index contributed by atoms with van der Waals surface area (Å²) >= 11 is 0. The van der Waals surface area contributed by atoms with Crippen molar-refractivity contribution >= 4 is 12.1 Å². The van der Waals surface area contributed by atoms with Gasteiger partial charge in [-0.15, -0.1) is 0 Å². The van der Waals surface area contributed by atoms with Crippen LogP contribution in [0.4, 0.5) is 0 Å². The fourth-order valence-electron chi connectivity index (χ4n) is 0.702. The molecule has 1 rings (SSSR count). The summed E-state index contributed by atoms with van der Waals surface area (Å²) in [5.74, 6) is -0.104. The number of amides is 1. The maximum absolute atomic E-state index is 10.8. The highest BCUT2D eigenvalue weighted by atomic mass is 16.2.